The number of H-pyrrole nitrogens is 1. The minimum absolute atomic E-state index is 0.133. The van der Waals surface area contributed by atoms with E-state index in [-0.39, 0.29) is 22.3 Å². The fourth-order valence-electron chi connectivity index (χ4n) is 5.82. The predicted octanol–water partition coefficient (Wildman–Crippen LogP) is 4.67. The number of imidazole rings is 1. The highest BCUT2D eigenvalue weighted by atomic mass is 32.2. The second kappa shape index (κ2) is 12.3. The molecule has 224 valence electrons. The molecule has 0 spiro atoms. The molecule has 3 heterocycles. The molecule has 2 aromatic heterocycles. The Morgan fingerprint density at radius 1 is 1.07 bits per heavy atom. The molecule has 11 heteroatoms. The molecule has 6 rings (SSSR count). The number of aromatic nitrogens is 4. The van der Waals surface area contributed by atoms with Gasteiger partial charge >= 0.3 is 0 Å². The van der Waals surface area contributed by atoms with E-state index in [0.717, 1.165) is 36.8 Å². The lowest BCUT2D eigenvalue weighted by atomic mass is 10.0. The number of rotatable bonds is 10. The van der Waals surface area contributed by atoms with Crippen molar-refractivity contribution in [3.8, 4) is 17.1 Å². The molecule has 0 saturated carbocycles. The number of nitrogens with zero attached hydrogens (tertiary/aromatic N) is 4. The van der Waals surface area contributed by atoms with Crippen LogP contribution >= 0.6 is 0 Å². The first-order valence-electron chi connectivity index (χ1n) is 14.8. The monoisotopic (exact) mass is 600 g/mol. The van der Waals surface area contributed by atoms with E-state index in [9.17, 15) is 13.2 Å². The number of hydrogen-bond acceptors (Lipinski definition) is 7. The van der Waals surface area contributed by atoms with Crippen molar-refractivity contribution >= 4 is 32.0 Å². The lowest BCUT2D eigenvalue weighted by Gasteiger charge is -2.34. The third-order valence-corrected chi connectivity index (χ3v) is 9.94. The SMILES string of the molecule is CCCOc1ccc(S(=O)(=O)N2CCCCC2CCN)cc1-c1nc2cc3ncn(Cc4ccccc4)c3cc2c(=O)[nH]1. The van der Waals surface area contributed by atoms with Crippen LogP contribution < -0.4 is 16.0 Å². The van der Waals surface area contributed by atoms with Gasteiger partial charge in [0.2, 0.25) is 10.0 Å². The van der Waals surface area contributed by atoms with E-state index >= 15 is 0 Å². The maximum absolute atomic E-state index is 13.9. The molecule has 0 amide bonds. The van der Waals surface area contributed by atoms with Gasteiger partial charge in [-0.2, -0.15) is 4.31 Å². The summed E-state index contributed by atoms with van der Waals surface area (Å²) >= 11 is 0. The van der Waals surface area contributed by atoms with Crippen LogP contribution in [0.1, 0.15) is 44.6 Å². The van der Waals surface area contributed by atoms with Crippen molar-refractivity contribution in [3.05, 3.63) is 82.9 Å². The lowest BCUT2D eigenvalue weighted by Crippen LogP contribution is -2.44. The maximum atomic E-state index is 13.9. The minimum atomic E-state index is -3.82. The Bertz CT molecular complexity index is 1920. The minimum Gasteiger partial charge on any atom is -0.493 e. The fraction of sp³-hybridized carbons (Fsp3) is 0.344. The zero-order valence-corrected chi connectivity index (χ0v) is 25.0. The van der Waals surface area contributed by atoms with Gasteiger partial charge in [-0.05, 0) is 68.1 Å². The Hall–Kier alpha value is -4.06. The third kappa shape index (κ3) is 5.80. The van der Waals surface area contributed by atoms with Crippen LogP contribution in [0.2, 0.25) is 0 Å². The first-order valence-corrected chi connectivity index (χ1v) is 16.2. The van der Waals surface area contributed by atoms with Gasteiger partial charge < -0.3 is 20.0 Å². The average Bonchev–Trinajstić information content (AvgIpc) is 3.41. The largest absolute Gasteiger partial charge is 0.493 e. The molecule has 1 saturated heterocycles. The Balaban J connectivity index is 1.43. The molecule has 3 N–H and O–H groups in total. The highest BCUT2D eigenvalue weighted by Crippen LogP contribution is 2.34. The van der Waals surface area contributed by atoms with Gasteiger partial charge in [-0.15, -0.1) is 0 Å². The van der Waals surface area contributed by atoms with Gasteiger partial charge in [0.15, 0.2) is 0 Å². The molecule has 3 aromatic carbocycles. The summed E-state index contributed by atoms with van der Waals surface area (Å²) in [5.41, 5.74) is 9.02. The molecule has 1 unspecified atom stereocenters. The van der Waals surface area contributed by atoms with E-state index in [1.54, 1.807) is 41.0 Å². The summed E-state index contributed by atoms with van der Waals surface area (Å²) in [5, 5.41) is 0.420. The second-order valence-corrected chi connectivity index (χ2v) is 12.9. The zero-order chi connectivity index (χ0) is 30.0. The first-order chi connectivity index (χ1) is 20.9. The number of aromatic amines is 1. The zero-order valence-electron chi connectivity index (χ0n) is 24.2. The molecule has 0 radical (unpaired) electrons. The molecule has 1 fully saturated rings. The molecule has 1 atom stereocenters. The number of fused-ring (bicyclic) bond motifs is 2. The summed E-state index contributed by atoms with van der Waals surface area (Å²) in [4.78, 5) is 25.9. The van der Waals surface area contributed by atoms with E-state index in [0.29, 0.717) is 60.4 Å². The molecule has 5 aromatic rings. The van der Waals surface area contributed by atoms with E-state index < -0.39 is 10.0 Å². The normalized spacial score (nSPS) is 16.2. The van der Waals surface area contributed by atoms with Gasteiger partial charge in [0.25, 0.3) is 5.56 Å². The van der Waals surface area contributed by atoms with Gasteiger partial charge in [0, 0.05) is 19.1 Å². The van der Waals surface area contributed by atoms with Crippen molar-refractivity contribution in [1.29, 1.82) is 0 Å². The molecule has 10 nitrogen and oxygen atoms in total. The van der Waals surface area contributed by atoms with Gasteiger partial charge in [-0.1, -0.05) is 43.7 Å². The Morgan fingerprint density at radius 3 is 2.70 bits per heavy atom. The standard InChI is InChI=1S/C32H36N6O4S/c1-2-16-42-30-12-11-24(43(40,41)38-15-7-6-10-23(38)13-14-33)17-26(30)31-35-27-19-28-29(18-25(27)32(39)36-31)37(21-34-28)20-22-8-4-3-5-9-22/h3-5,8-9,11-12,17-19,21,23H,2,6-7,10,13-16,20,33H2,1H3,(H,35,36,39). The van der Waals surface area contributed by atoms with Crippen LogP contribution in [0.3, 0.4) is 0 Å². The van der Waals surface area contributed by atoms with Crippen LogP contribution in [-0.4, -0.2) is 58.0 Å². The summed E-state index contributed by atoms with van der Waals surface area (Å²) in [6.07, 6.45) is 5.70. The number of ether oxygens (including phenoxy) is 1. The van der Waals surface area contributed by atoms with E-state index in [2.05, 4.69) is 9.97 Å². The van der Waals surface area contributed by atoms with Crippen LogP contribution in [0.4, 0.5) is 0 Å². The van der Waals surface area contributed by atoms with Gasteiger partial charge in [0.1, 0.15) is 11.6 Å². The molecule has 43 heavy (non-hydrogen) atoms. The number of nitrogens with one attached hydrogen (secondary N) is 1. The highest BCUT2D eigenvalue weighted by molar-refractivity contribution is 7.89. The van der Waals surface area contributed by atoms with Crippen molar-refractivity contribution in [2.24, 2.45) is 5.73 Å². The number of benzene rings is 3. The van der Waals surface area contributed by atoms with Crippen LogP contribution in [0, 0.1) is 0 Å². The number of sulfonamides is 1. The van der Waals surface area contributed by atoms with Crippen LogP contribution in [0.25, 0.3) is 33.3 Å². The molecular formula is C32H36N6O4S. The van der Waals surface area contributed by atoms with Crippen molar-refractivity contribution in [2.75, 3.05) is 19.7 Å². The van der Waals surface area contributed by atoms with Crippen molar-refractivity contribution < 1.29 is 13.2 Å². The molecular weight excluding hydrogens is 564 g/mol. The highest BCUT2D eigenvalue weighted by Gasteiger charge is 2.33. The number of piperidine rings is 1. The van der Waals surface area contributed by atoms with Crippen LogP contribution in [0.15, 0.2) is 76.7 Å². The molecule has 0 bridgehead atoms. The molecule has 1 aliphatic rings. The topological polar surface area (TPSA) is 136 Å². The molecule has 1 aliphatic heterocycles. The van der Waals surface area contributed by atoms with Crippen molar-refractivity contribution in [1.82, 2.24) is 23.8 Å². The van der Waals surface area contributed by atoms with E-state index in [1.807, 2.05) is 41.8 Å². The van der Waals surface area contributed by atoms with Gasteiger partial charge in [0.05, 0.1) is 45.3 Å². The Kier molecular flexibility index (Phi) is 8.29. The van der Waals surface area contributed by atoms with E-state index in [4.69, 9.17) is 15.5 Å². The summed E-state index contributed by atoms with van der Waals surface area (Å²) in [6.45, 7) is 3.92. The summed E-state index contributed by atoms with van der Waals surface area (Å²) < 4.78 is 37.3. The smallest absolute Gasteiger partial charge is 0.259 e. The Labute approximate surface area is 250 Å². The lowest BCUT2D eigenvalue weighted by molar-refractivity contribution is 0.243. The summed E-state index contributed by atoms with van der Waals surface area (Å²) in [7, 11) is -3.82. The molecule has 0 aliphatic carbocycles. The second-order valence-electron chi connectivity index (χ2n) is 11.0. The van der Waals surface area contributed by atoms with Crippen LogP contribution in [-0.2, 0) is 16.6 Å². The average molecular weight is 601 g/mol. The fourth-order valence-corrected chi connectivity index (χ4v) is 7.57. The predicted molar refractivity (Wildman–Crippen MR) is 168 cm³/mol. The van der Waals surface area contributed by atoms with Gasteiger partial charge in [-0.25, -0.2) is 18.4 Å². The summed E-state index contributed by atoms with van der Waals surface area (Å²) in [5.74, 6) is 0.689. The number of hydrogen-bond donors (Lipinski definition) is 2. The third-order valence-electron chi connectivity index (χ3n) is 7.99. The maximum Gasteiger partial charge on any atom is 0.259 e. The van der Waals surface area contributed by atoms with Crippen molar-refractivity contribution in [2.45, 2.75) is 56.5 Å². The van der Waals surface area contributed by atoms with Crippen LogP contribution in [0.5, 0.6) is 5.75 Å². The summed E-state index contributed by atoms with van der Waals surface area (Å²) in [6, 6.07) is 18.3. The number of nitrogens with two attached hydrogens (primary N) is 1. The van der Waals surface area contributed by atoms with E-state index in [1.165, 1.54) is 0 Å². The van der Waals surface area contributed by atoms with Crippen molar-refractivity contribution in [3.63, 3.8) is 0 Å². The Morgan fingerprint density at radius 2 is 1.91 bits per heavy atom. The first kappa shape index (κ1) is 29.0. The van der Waals surface area contributed by atoms with Gasteiger partial charge in [-0.3, -0.25) is 4.79 Å². The quantitative estimate of drug-likeness (QED) is 0.238.